The number of benzene rings is 2. The lowest BCUT2D eigenvalue weighted by Crippen LogP contribution is -2.29. The van der Waals surface area contributed by atoms with Crippen LogP contribution in [0.4, 0.5) is 5.69 Å². The molecule has 1 aliphatic rings. The molecule has 2 atom stereocenters. The van der Waals surface area contributed by atoms with Crippen molar-refractivity contribution in [3.05, 3.63) is 54.6 Å². The molecule has 2 nitrogen and oxygen atoms in total. The summed E-state index contributed by atoms with van der Waals surface area (Å²) in [5.41, 5.74) is 3.78. The van der Waals surface area contributed by atoms with Gasteiger partial charge >= 0.3 is 0 Å². The average molecular weight is 280 g/mol. The summed E-state index contributed by atoms with van der Waals surface area (Å²) in [7, 11) is 0. The maximum Gasteiger partial charge on any atom is 0.0421 e. The molecule has 1 heterocycles. The first kappa shape index (κ1) is 14.2. The molecule has 2 heteroatoms. The molecule has 1 fully saturated rings. The van der Waals surface area contributed by atoms with Gasteiger partial charge in [-0.15, -0.1) is 0 Å². The van der Waals surface area contributed by atoms with E-state index in [4.69, 9.17) is 0 Å². The highest BCUT2D eigenvalue weighted by Gasteiger charge is 2.17. The van der Waals surface area contributed by atoms with Crippen LogP contribution in [0.1, 0.15) is 26.2 Å². The van der Waals surface area contributed by atoms with E-state index in [2.05, 4.69) is 72.2 Å². The lowest BCUT2D eigenvalue weighted by molar-refractivity contribution is 0.523. The van der Waals surface area contributed by atoms with Crippen LogP contribution < -0.4 is 10.6 Å². The van der Waals surface area contributed by atoms with E-state index in [0.717, 1.165) is 0 Å². The molecule has 0 aromatic heterocycles. The molecule has 2 aromatic rings. The first-order valence-electron chi connectivity index (χ1n) is 7.97. The Kier molecular flexibility index (Phi) is 4.56. The topological polar surface area (TPSA) is 24.1 Å². The van der Waals surface area contributed by atoms with Gasteiger partial charge in [-0.3, -0.25) is 0 Å². The van der Waals surface area contributed by atoms with Crippen molar-refractivity contribution in [2.75, 3.05) is 11.9 Å². The van der Waals surface area contributed by atoms with Gasteiger partial charge in [0.2, 0.25) is 0 Å². The second kappa shape index (κ2) is 6.77. The van der Waals surface area contributed by atoms with E-state index in [1.807, 2.05) is 0 Å². The van der Waals surface area contributed by atoms with E-state index in [0.29, 0.717) is 12.1 Å². The molecular weight excluding hydrogens is 256 g/mol. The van der Waals surface area contributed by atoms with Gasteiger partial charge in [-0.25, -0.2) is 0 Å². The van der Waals surface area contributed by atoms with Crippen molar-refractivity contribution in [3.63, 3.8) is 0 Å². The number of anilines is 1. The third-order valence-electron chi connectivity index (χ3n) is 4.21. The third-order valence-corrected chi connectivity index (χ3v) is 4.21. The molecule has 2 aromatic carbocycles. The molecule has 0 radical (unpaired) electrons. The number of hydrogen-bond acceptors (Lipinski definition) is 2. The van der Waals surface area contributed by atoms with Crippen molar-refractivity contribution in [2.24, 2.45) is 0 Å². The molecule has 0 amide bonds. The van der Waals surface area contributed by atoms with E-state index < -0.39 is 0 Å². The van der Waals surface area contributed by atoms with Crippen molar-refractivity contribution >= 4 is 5.69 Å². The lowest BCUT2D eigenvalue weighted by Gasteiger charge is -2.21. The summed E-state index contributed by atoms with van der Waals surface area (Å²) in [5, 5.41) is 7.28. The number of nitrogens with one attached hydrogen (secondary N) is 2. The van der Waals surface area contributed by atoms with Crippen molar-refractivity contribution in [1.82, 2.24) is 5.32 Å². The van der Waals surface area contributed by atoms with E-state index in [1.54, 1.807) is 0 Å². The quantitative estimate of drug-likeness (QED) is 0.853. The highest BCUT2D eigenvalue weighted by Crippen LogP contribution is 2.28. The van der Waals surface area contributed by atoms with Crippen molar-refractivity contribution in [3.8, 4) is 11.1 Å². The number of rotatable bonds is 5. The van der Waals surface area contributed by atoms with Gasteiger partial charge in [0.05, 0.1) is 0 Å². The van der Waals surface area contributed by atoms with Crippen LogP contribution in [0.25, 0.3) is 11.1 Å². The van der Waals surface area contributed by atoms with Crippen molar-refractivity contribution in [2.45, 2.75) is 38.3 Å². The summed E-state index contributed by atoms with van der Waals surface area (Å²) in [5.74, 6) is 0. The van der Waals surface area contributed by atoms with Gasteiger partial charge in [-0.1, -0.05) is 48.5 Å². The summed E-state index contributed by atoms with van der Waals surface area (Å²) < 4.78 is 0. The fourth-order valence-electron chi connectivity index (χ4n) is 3.19. The molecule has 1 aliphatic heterocycles. The molecule has 1 saturated heterocycles. The first-order valence-corrected chi connectivity index (χ1v) is 7.97. The van der Waals surface area contributed by atoms with Gasteiger partial charge in [0, 0.05) is 23.3 Å². The summed E-state index contributed by atoms with van der Waals surface area (Å²) in [4.78, 5) is 0. The Morgan fingerprint density at radius 2 is 1.86 bits per heavy atom. The Morgan fingerprint density at radius 1 is 1.10 bits per heavy atom. The molecule has 21 heavy (non-hydrogen) atoms. The zero-order chi connectivity index (χ0) is 14.5. The molecular formula is C19H24N2. The Balaban J connectivity index is 1.73. The SMILES string of the molecule is CC(CC1CCCN1)Nc1ccccc1-c1ccccc1. The zero-order valence-corrected chi connectivity index (χ0v) is 12.7. The maximum atomic E-state index is 3.70. The van der Waals surface area contributed by atoms with Crippen LogP contribution in [0, 0.1) is 0 Å². The van der Waals surface area contributed by atoms with Gasteiger partial charge in [0.15, 0.2) is 0 Å². The number of para-hydroxylation sites is 1. The third kappa shape index (κ3) is 3.64. The summed E-state index contributed by atoms with van der Waals surface area (Å²) in [6.07, 6.45) is 3.81. The minimum atomic E-state index is 0.477. The van der Waals surface area contributed by atoms with Gasteiger partial charge in [0.25, 0.3) is 0 Å². The average Bonchev–Trinajstić information content (AvgIpc) is 3.01. The number of hydrogen-bond donors (Lipinski definition) is 2. The summed E-state index contributed by atoms with van der Waals surface area (Å²) in [6, 6.07) is 20.3. The summed E-state index contributed by atoms with van der Waals surface area (Å²) >= 11 is 0. The molecule has 2 unspecified atom stereocenters. The van der Waals surface area contributed by atoms with Crippen LogP contribution in [-0.2, 0) is 0 Å². The van der Waals surface area contributed by atoms with Gasteiger partial charge in [-0.2, -0.15) is 0 Å². The molecule has 3 rings (SSSR count). The van der Waals surface area contributed by atoms with Crippen LogP contribution in [0.15, 0.2) is 54.6 Å². The van der Waals surface area contributed by atoms with E-state index in [1.165, 1.54) is 42.6 Å². The van der Waals surface area contributed by atoms with Crippen LogP contribution in [0.5, 0.6) is 0 Å². The predicted octanol–water partition coefficient (Wildman–Crippen LogP) is 4.30. The first-order chi connectivity index (χ1) is 10.3. The molecule has 110 valence electrons. The normalized spacial score (nSPS) is 19.4. The molecule has 2 N–H and O–H groups in total. The summed E-state index contributed by atoms with van der Waals surface area (Å²) in [6.45, 7) is 3.46. The van der Waals surface area contributed by atoms with Gasteiger partial charge in [0.1, 0.15) is 0 Å². The van der Waals surface area contributed by atoms with E-state index in [9.17, 15) is 0 Å². The standard InChI is InChI=1S/C19H24N2/c1-15(14-17-10-7-13-20-17)21-19-12-6-5-11-18(19)16-8-3-2-4-9-16/h2-6,8-9,11-12,15,17,20-21H,7,10,13-14H2,1H3. The van der Waals surface area contributed by atoms with Crippen molar-refractivity contribution < 1.29 is 0 Å². The second-order valence-corrected chi connectivity index (χ2v) is 5.99. The van der Waals surface area contributed by atoms with E-state index in [-0.39, 0.29) is 0 Å². The Hall–Kier alpha value is -1.80. The van der Waals surface area contributed by atoms with Gasteiger partial charge in [-0.05, 0) is 44.4 Å². The zero-order valence-electron chi connectivity index (χ0n) is 12.7. The fourth-order valence-corrected chi connectivity index (χ4v) is 3.19. The lowest BCUT2D eigenvalue weighted by atomic mass is 10.0. The Morgan fingerprint density at radius 3 is 2.62 bits per heavy atom. The minimum absolute atomic E-state index is 0.477. The largest absolute Gasteiger partial charge is 0.382 e. The van der Waals surface area contributed by atoms with Gasteiger partial charge < -0.3 is 10.6 Å². The Bertz CT molecular complexity index is 559. The predicted molar refractivity (Wildman–Crippen MR) is 90.6 cm³/mol. The van der Waals surface area contributed by atoms with Crippen LogP contribution >= 0.6 is 0 Å². The maximum absolute atomic E-state index is 3.70. The monoisotopic (exact) mass is 280 g/mol. The molecule has 0 bridgehead atoms. The highest BCUT2D eigenvalue weighted by molar-refractivity contribution is 5.77. The smallest absolute Gasteiger partial charge is 0.0421 e. The van der Waals surface area contributed by atoms with Crippen molar-refractivity contribution in [1.29, 1.82) is 0 Å². The molecule has 0 spiro atoms. The van der Waals surface area contributed by atoms with E-state index >= 15 is 0 Å². The highest BCUT2D eigenvalue weighted by atomic mass is 15.0. The fraction of sp³-hybridized carbons (Fsp3) is 0.368. The minimum Gasteiger partial charge on any atom is -0.382 e. The molecule has 0 aliphatic carbocycles. The second-order valence-electron chi connectivity index (χ2n) is 5.99. The van der Waals surface area contributed by atoms with Crippen LogP contribution in [-0.4, -0.2) is 18.6 Å². The Labute approximate surface area is 127 Å². The molecule has 0 saturated carbocycles. The van der Waals surface area contributed by atoms with Crippen LogP contribution in [0.2, 0.25) is 0 Å². The van der Waals surface area contributed by atoms with Crippen LogP contribution in [0.3, 0.4) is 0 Å².